The number of nitrogens with zero attached hydrogens (tertiary/aromatic N) is 2. The van der Waals surface area contributed by atoms with Crippen molar-refractivity contribution in [3.8, 4) is 11.8 Å². The van der Waals surface area contributed by atoms with E-state index in [1.807, 2.05) is 48.5 Å². The number of amides is 1. The highest BCUT2D eigenvalue weighted by atomic mass is 32.2. The van der Waals surface area contributed by atoms with Crippen molar-refractivity contribution in [3.63, 3.8) is 0 Å². The van der Waals surface area contributed by atoms with Gasteiger partial charge in [0.2, 0.25) is 0 Å². The first-order chi connectivity index (χ1) is 12.7. The number of carbonyl (C=O) groups is 1. The minimum atomic E-state index is -0.200. The molecule has 0 radical (unpaired) electrons. The van der Waals surface area contributed by atoms with Gasteiger partial charge in [0.1, 0.15) is 11.8 Å². The third-order valence-corrected chi connectivity index (χ3v) is 4.63. The van der Waals surface area contributed by atoms with Gasteiger partial charge >= 0.3 is 0 Å². The number of benzene rings is 2. The smallest absolute Gasteiger partial charge is 0.264 e. The molecule has 2 aromatic rings. The van der Waals surface area contributed by atoms with Crippen molar-refractivity contribution >= 4 is 34.6 Å². The second-order valence-corrected chi connectivity index (χ2v) is 6.52. The highest BCUT2D eigenvalue weighted by Gasteiger charge is 2.24. The number of nitriles is 1. The number of para-hydroxylation sites is 1. The van der Waals surface area contributed by atoms with E-state index < -0.39 is 0 Å². The van der Waals surface area contributed by atoms with Gasteiger partial charge in [0.15, 0.2) is 11.8 Å². The van der Waals surface area contributed by atoms with Crippen molar-refractivity contribution in [2.75, 3.05) is 6.61 Å². The molecule has 0 bridgehead atoms. The Hall–Kier alpha value is -3.04. The summed E-state index contributed by atoms with van der Waals surface area (Å²) in [6, 6.07) is 17.2. The van der Waals surface area contributed by atoms with Crippen molar-refractivity contribution in [3.05, 3.63) is 64.6 Å². The van der Waals surface area contributed by atoms with Crippen LogP contribution in [0.2, 0.25) is 0 Å². The predicted molar refractivity (Wildman–Crippen MR) is 104 cm³/mol. The van der Waals surface area contributed by atoms with Gasteiger partial charge in [0, 0.05) is 5.56 Å². The van der Waals surface area contributed by atoms with Gasteiger partial charge in [0.05, 0.1) is 10.6 Å². The van der Waals surface area contributed by atoms with Crippen LogP contribution in [0, 0.1) is 11.3 Å². The van der Waals surface area contributed by atoms with Crippen LogP contribution in [-0.4, -0.2) is 17.7 Å². The van der Waals surface area contributed by atoms with Crippen LogP contribution in [0.15, 0.2) is 58.4 Å². The normalized spacial score (nSPS) is 16.5. The molecule has 6 heteroatoms. The standard InChI is InChI=1S/C20H17N3O2S/c1-2-14-7-9-16(10-8-14)22-20-23-19(24)18(26-20)13-15-5-3-4-6-17(15)25-12-11-21/h3-10,13H,2,12H2,1H3,(H,22,23,24)/b18-13-. The summed E-state index contributed by atoms with van der Waals surface area (Å²) < 4.78 is 5.40. The molecule has 0 aromatic heterocycles. The zero-order valence-electron chi connectivity index (χ0n) is 14.2. The molecule has 1 saturated heterocycles. The molecule has 26 heavy (non-hydrogen) atoms. The maximum atomic E-state index is 12.2. The summed E-state index contributed by atoms with van der Waals surface area (Å²) in [4.78, 5) is 17.2. The number of ether oxygens (including phenoxy) is 1. The fourth-order valence-corrected chi connectivity index (χ4v) is 3.22. The zero-order chi connectivity index (χ0) is 18.4. The predicted octanol–water partition coefficient (Wildman–Crippen LogP) is 4.04. The second kappa shape index (κ2) is 8.37. The summed E-state index contributed by atoms with van der Waals surface area (Å²) in [5.41, 5.74) is 2.78. The van der Waals surface area contributed by atoms with E-state index in [2.05, 4.69) is 17.2 Å². The highest BCUT2D eigenvalue weighted by molar-refractivity contribution is 8.18. The molecule has 1 aliphatic rings. The van der Waals surface area contributed by atoms with Crippen molar-refractivity contribution in [2.45, 2.75) is 13.3 Å². The maximum Gasteiger partial charge on any atom is 0.264 e. The molecule has 0 unspecified atom stereocenters. The van der Waals surface area contributed by atoms with Crippen LogP contribution in [0.5, 0.6) is 5.75 Å². The number of rotatable bonds is 5. The fourth-order valence-electron chi connectivity index (χ4n) is 2.39. The lowest BCUT2D eigenvalue weighted by Crippen LogP contribution is -2.19. The number of hydrogen-bond donors (Lipinski definition) is 1. The average molecular weight is 363 g/mol. The lowest BCUT2D eigenvalue weighted by Gasteiger charge is -2.05. The molecule has 1 heterocycles. The summed E-state index contributed by atoms with van der Waals surface area (Å²) in [5, 5.41) is 12.0. The minimum absolute atomic E-state index is 0.0417. The summed E-state index contributed by atoms with van der Waals surface area (Å²) in [6.07, 6.45) is 2.72. The van der Waals surface area contributed by atoms with E-state index in [1.165, 1.54) is 17.3 Å². The number of nitrogens with one attached hydrogen (secondary N) is 1. The molecule has 130 valence electrons. The van der Waals surface area contributed by atoms with Gasteiger partial charge < -0.3 is 10.1 Å². The second-order valence-electron chi connectivity index (χ2n) is 5.49. The quantitative estimate of drug-likeness (QED) is 0.814. The van der Waals surface area contributed by atoms with Crippen LogP contribution in [0.3, 0.4) is 0 Å². The molecule has 0 saturated carbocycles. The topological polar surface area (TPSA) is 74.5 Å². The van der Waals surface area contributed by atoms with E-state index >= 15 is 0 Å². The highest BCUT2D eigenvalue weighted by Crippen LogP contribution is 2.30. The molecule has 3 rings (SSSR count). The van der Waals surface area contributed by atoms with Crippen LogP contribution < -0.4 is 10.1 Å². The van der Waals surface area contributed by atoms with Gasteiger partial charge in [-0.25, -0.2) is 4.99 Å². The van der Waals surface area contributed by atoms with Crippen LogP contribution in [0.4, 0.5) is 5.69 Å². The molecule has 1 amide bonds. The molecule has 1 aliphatic heterocycles. The molecule has 0 aliphatic carbocycles. The van der Waals surface area contributed by atoms with Gasteiger partial charge in [-0.1, -0.05) is 37.3 Å². The van der Waals surface area contributed by atoms with Crippen LogP contribution in [0.25, 0.3) is 6.08 Å². The van der Waals surface area contributed by atoms with Gasteiger partial charge in [0.25, 0.3) is 5.91 Å². The third-order valence-electron chi connectivity index (χ3n) is 3.72. The lowest BCUT2D eigenvalue weighted by atomic mass is 10.2. The molecule has 5 nitrogen and oxygen atoms in total. The van der Waals surface area contributed by atoms with E-state index in [-0.39, 0.29) is 12.5 Å². The first-order valence-corrected chi connectivity index (χ1v) is 8.98. The Labute approximate surface area is 156 Å². The van der Waals surface area contributed by atoms with Crippen LogP contribution in [0.1, 0.15) is 18.1 Å². The number of thioether (sulfide) groups is 1. The zero-order valence-corrected chi connectivity index (χ0v) is 15.0. The van der Waals surface area contributed by atoms with Gasteiger partial charge in [-0.15, -0.1) is 0 Å². The number of amidine groups is 1. The van der Waals surface area contributed by atoms with E-state index in [0.29, 0.717) is 15.8 Å². The van der Waals surface area contributed by atoms with E-state index in [9.17, 15) is 4.79 Å². The SMILES string of the molecule is CCc1ccc(N=C2NC(=O)/C(=C/c3ccccc3OCC#N)S2)cc1. The molecular formula is C20H17N3O2S. The van der Waals surface area contributed by atoms with E-state index in [1.54, 1.807) is 12.1 Å². The fraction of sp³-hybridized carbons (Fsp3) is 0.150. The van der Waals surface area contributed by atoms with E-state index in [0.717, 1.165) is 17.7 Å². The Morgan fingerprint density at radius 3 is 2.73 bits per heavy atom. The molecule has 0 spiro atoms. The van der Waals surface area contributed by atoms with Gasteiger partial charge in [-0.3, -0.25) is 4.79 Å². The van der Waals surface area contributed by atoms with Crippen molar-refractivity contribution in [1.82, 2.24) is 5.32 Å². The Bertz CT molecular complexity index is 911. The molecular weight excluding hydrogens is 346 g/mol. The Balaban J connectivity index is 1.80. The van der Waals surface area contributed by atoms with Gasteiger partial charge in [-0.05, 0) is 48.0 Å². The summed E-state index contributed by atoms with van der Waals surface area (Å²) in [6.45, 7) is 2.06. The first-order valence-electron chi connectivity index (χ1n) is 8.17. The average Bonchev–Trinajstić information content (AvgIpc) is 3.00. The molecule has 1 N–H and O–H groups in total. The lowest BCUT2D eigenvalue weighted by molar-refractivity contribution is -0.115. The maximum absolute atomic E-state index is 12.2. The van der Waals surface area contributed by atoms with Crippen molar-refractivity contribution in [2.24, 2.45) is 4.99 Å². The Morgan fingerprint density at radius 1 is 1.23 bits per heavy atom. The number of hydrogen-bond acceptors (Lipinski definition) is 5. The number of aryl methyl sites for hydroxylation is 1. The molecule has 1 fully saturated rings. The molecule has 2 aromatic carbocycles. The summed E-state index contributed by atoms with van der Waals surface area (Å²) in [5.74, 6) is 0.365. The largest absolute Gasteiger partial charge is 0.478 e. The number of carbonyl (C=O) groups excluding carboxylic acids is 1. The Morgan fingerprint density at radius 2 is 2.00 bits per heavy atom. The van der Waals surface area contributed by atoms with Crippen LogP contribution in [-0.2, 0) is 11.2 Å². The Kier molecular flexibility index (Phi) is 5.72. The first kappa shape index (κ1) is 17.8. The minimum Gasteiger partial charge on any atom is -0.478 e. The van der Waals surface area contributed by atoms with Crippen molar-refractivity contribution < 1.29 is 9.53 Å². The molecule has 0 atom stereocenters. The van der Waals surface area contributed by atoms with Gasteiger partial charge in [-0.2, -0.15) is 5.26 Å². The van der Waals surface area contributed by atoms with Crippen molar-refractivity contribution in [1.29, 1.82) is 5.26 Å². The number of aliphatic imine (C=N–C) groups is 1. The van der Waals surface area contributed by atoms with E-state index in [4.69, 9.17) is 10.00 Å². The summed E-state index contributed by atoms with van der Waals surface area (Å²) in [7, 11) is 0. The monoisotopic (exact) mass is 363 g/mol. The third kappa shape index (κ3) is 4.32. The summed E-state index contributed by atoms with van der Waals surface area (Å²) >= 11 is 1.28. The van der Waals surface area contributed by atoms with Crippen LogP contribution >= 0.6 is 11.8 Å².